The van der Waals surface area contributed by atoms with E-state index in [1.165, 1.54) is 6.08 Å². The van der Waals surface area contributed by atoms with Gasteiger partial charge in [0.1, 0.15) is 0 Å². The number of hydrogen-bond acceptors (Lipinski definition) is 3. The molecule has 17 heavy (non-hydrogen) atoms. The third kappa shape index (κ3) is 2.61. The highest BCUT2D eigenvalue weighted by atomic mass is 16.4. The van der Waals surface area contributed by atoms with E-state index in [-0.39, 0.29) is 0 Å². The molecule has 1 rings (SSSR count). The van der Waals surface area contributed by atoms with Gasteiger partial charge in [-0.3, -0.25) is 14.4 Å². The van der Waals surface area contributed by atoms with E-state index in [1.54, 1.807) is 19.9 Å². The summed E-state index contributed by atoms with van der Waals surface area (Å²) in [5, 5.41) is 17.7. The molecular weight excluding hydrogens is 224 g/mol. The molecule has 0 radical (unpaired) electrons. The molecule has 0 aromatic rings. The molecule has 0 aliphatic heterocycles. The molecule has 0 spiro atoms. The van der Waals surface area contributed by atoms with Gasteiger partial charge in [0.05, 0.1) is 18.3 Å². The Kier molecular flexibility index (Phi) is 3.50. The summed E-state index contributed by atoms with van der Waals surface area (Å²) in [4.78, 5) is 33.6. The number of ketones is 1. The highest BCUT2D eigenvalue weighted by Gasteiger charge is 2.44. The number of carboxylic acid groups (broad SMARTS) is 2. The topological polar surface area (TPSA) is 91.7 Å². The van der Waals surface area contributed by atoms with Gasteiger partial charge in [-0.2, -0.15) is 0 Å². The fourth-order valence-electron chi connectivity index (χ4n) is 2.09. The number of rotatable bonds is 4. The van der Waals surface area contributed by atoms with Gasteiger partial charge < -0.3 is 10.2 Å². The molecular formula is C12H14O5. The van der Waals surface area contributed by atoms with Gasteiger partial charge in [-0.05, 0) is 25.5 Å². The Morgan fingerprint density at radius 3 is 1.94 bits per heavy atom. The molecule has 0 saturated carbocycles. The monoisotopic (exact) mass is 238 g/mol. The van der Waals surface area contributed by atoms with Crippen molar-refractivity contribution in [1.82, 2.24) is 0 Å². The zero-order valence-corrected chi connectivity index (χ0v) is 9.69. The van der Waals surface area contributed by atoms with Crippen LogP contribution in [0.4, 0.5) is 0 Å². The minimum absolute atomic E-state index is 0.445. The van der Waals surface area contributed by atoms with Crippen LogP contribution in [0.1, 0.15) is 26.7 Å². The maximum atomic E-state index is 12.0. The fraction of sp³-hybridized carbons (Fsp3) is 0.417. The number of carboxylic acids is 2. The molecule has 0 saturated heterocycles. The summed E-state index contributed by atoms with van der Waals surface area (Å²) in [6.07, 6.45) is 1.97. The van der Waals surface area contributed by atoms with E-state index >= 15 is 0 Å². The van der Waals surface area contributed by atoms with Crippen LogP contribution >= 0.6 is 0 Å². The molecule has 0 fully saturated rings. The first-order valence-electron chi connectivity index (χ1n) is 5.13. The Bertz CT molecular complexity index is 426. The number of allylic oxidation sites excluding steroid dienone is 4. The van der Waals surface area contributed by atoms with Crippen LogP contribution in [0.15, 0.2) is 23.3 Å². The van der Waals surface area contributed by atoms with Gasteiger partial charge in [0.15, 0.2) is 5.78 Å². The predicted octanol–water partition coefficient (Wildman–Crippen LogP) is 1.40. The van der Waals surface area contributed by atoms with Gasteiger partial charge in [0, 0.05) is 0 Å². The van der Waals surface area contributed by atoms with Crippen LogP contribution in [0.3, 0.4) is 0 Å². The predicted molar refractivity (Wildman–Crippen MR) is 59.5 cm³/mol. The molecule has 0 atom stereocenters. The lowest BCUT2D eigenvalue weighted by Crippen LogP contribution is -2.38. The third-order valence-corrected chi connectivity index (χ3v) is 2.94. The van der Waals surface area contributed by atoms with Crippen LogP contribution in [0.2, 0.25) is 0 Å². The molecule has 0 unspecified atom stereocenters. The van der Waals surface area contributed by atoms with E-state index < -0.39 is 36.0 Å². The molecule has 0 heterocycles. The number of aliphatic carboxylic acids is 2. The van der Waals surface area contributed by atoms with Crippen LogP contribution in [-0.4, -0.2) is 27.9 Å². The zero-order valence-electron chi connectivity index (χ0n) is 9.69. The summed E-state index contributed by atoms with van der Waals surface area (Å²) >= 11 is 0. The van der Waals surface area contributed by atoms with Crippen molar-refractivity contribution in [2.45, 2.75) is 26.7 Å². The highest BCUT2D eigenvalue weighted by molar-refractivity contribution is 6.03. The van der Waals surface area contributed by atoms with Gasteiger partial charge in [-0.1, -0.05) is 11.6 Å². The molecule has 1 aliphatic carbocycles. The molecule has 92 valence electrons. The average molecular weight is 238 g/mol. The Hall–Kier alpha value is -1.91. The third-order valence-electron chi connectivity index (χ3n) is 2.94. The first-order valence-corrected chi connectivity index (χ1v) is 5.13. The minimum Gasteiger partial charge on any atom is -0.481 e. The Labute approximate surface area is 98.4 Å². The molecule has 0 aromatic carbocycles. The normalized spacial score (nSPS) is 18.4. The SMILES string of the molecule is CC1=CC(=O)C(CC(=O)O)(CC(=O)O)C(C)=C1. The molecule has 0 bridgehead atoms. The van der Waals surface area contributed by atoms with Crippen molar-refractivity contribution in [3.8, 4) is 0 Å². The van der Waals surface area contributed by atoms with E-state index in [0.717, 1.165) is 0 Å². The Balaban J connectivity index is 3.23. The molecule has 0 amide bonds. The van der Waals surface area contributed by atoms with Gasteiger partial charge in [0.25, 0.3) is 0 Å². The average Bonchev–Trinajstić information content (AvgIpc) is 2.12. The maximum absolute atomic E-state index is 12.0. The second kappa shape index (κ2) is 4.53. The van der Waals surface area contributed by atoms with E-state index in [2.05, 4.69) is 0 Å². The van der Waals surface area contributed by atoms with Gasteiger partial charge in [0.2, 0.25) is 0 Å². The van der Waals surface area contributed by atoms with Crippen LogP contribution in [0.5, 0.6) is 0 Å². The van der Waals surface area contributed by atoms with Crippen molar-refractivity contribution in [1.29, 1.82) is 0 Å². The second-order valence-corrected chi connectivity index (χ2v) is 4.30. The van der Waals surface area contributed by atoms with Gasteiger partial charge >= 0.3 is 11.9 Å². The van der Waals surface area contributed by atoms with Gasteiger partial charge in [-0.25, -0.2) is 0 Å². The Morgan fingerprint density at radius 1 is 1.12 bits per heavy atom. The summed E-state index contributed by atoms with van der Waals surface area (Å²) in [7, 11) is 0. The molecule has 5 heteroatoms. The first-order chi connectivity index (χ1) is 7.78. The minimum atomic E-state index is -1.43. The summed E-state index contributed by atoms with van der Waals surface area (Å²) in [5.74, 6) is -2.81. The van der Waals surface area contributed by atoms with Crippen molar-refractivity contribution in [2.24, 2.45) is 5.41 Å². The number of carbonyl (C=O) groups is 3. The van der Waals surface area contributed by atoms with Crippen molar-refractivity contribution in [2.75, 3.05) is 0 Å². The van der Waals surface area contributed by atoms with Crippen molar-refractivity contribution in [3.63, 3.8) is 0 Å². The molecule has 1 aliphatic rings. The fourth-order valence-corrected chi connectivity index (χ4v) is 2.09. The second-order valence-electron chi connectivity index (χ2n) is 4.30. The smallest absolute Gasteiger partial charge is 0.304 e. The lowest BCUT2D eigenvalue weighted by Gasteiger charge is -2.32. The number of carbonyl (C=O) groups excluding carboxylic acids is 1. The van der Waals surface area contributed by atoms with Crippen LogP contribution in [-0.2, 0) is 14.4 Å². The lowest BCUT2D eigenvalue weighted by molar-refractivity contribution is -0.147. The summed E-state index contributed by atoms with van der Waals surface area (Å²) in [6.45, 7) is 3.31. The van der Waals surface area contributed by atoms with Crippen LogP contribution in [0, 0.1) is 5.41 Å². The summed E-state index contributed by atoms with van der Waals surface area (Å²) < 4.78 is 0. The van der Waals surface area contributed by atoms with Crippen molar-refractivity contribution < 1.29 is 24.6 Å². The summed E-state index contributed by atoms with van der Waals surface area (Å²) in [5.41, 5.74) is -0.233. The number of hydrogen-bond donors (Lipinski definition) is 2. The molecule has 0 aromatic heterocycles. The molecule has 2 N–H and O–H groups in total. The summed E-state index contributed by atoms with van der Waals surface area (Å²) in [6, 6.07) is 0. The van der Waals surface area contributed by atoms with Crippen molar-refractivity contribution in [3.05, 3.63) is 23.3 Å². The van der Waals surface area contributed by atoms with Gasteiger partial charge in [-0.15, -0.1) is 0 Å². The van der Waals surface area contributed by atoms with Crippen LogP contribution < -0.4 is 0 Å². The largest absolute Gasteiger partial charge is 0.481 e. The maximum Gasteiger partial charge on any atom is 0.304 e. The Morgan fingerprint density at radius 2 is 1.59 bits per heavy atom. The van der Waals surface area contributed by atoms with E-state index in [0.29, 0.717) is 11.1 Å². The van der Waals surface area contributed by atoms with Crippen molar-refractivity contribution >= 4 is 17.7 Å². The highest BCUT2D eigenvalue weighted by Crippen LogP contribution is 2.40. The molecule has 5 nitrogen and oxygen atoms in total. The first kappa shape index (κ1) is 13.2. The van der Waals surface area contributed by atoms with E-state index in [1.807, 2.05) is 0 Å². The van der Waals surface area contributed by atoms with Crippen LogP contribution in [0.25, 0.3) is 0 Å². The van der Waals surface area contributed by atoms with E-state index in [9.17, 15) is 14.4 Å². The van der Waals surface area contributed by atoms with E-state index in [4.69, 9.17) is 10.2 Å². The standard InChI is InChI=1S/C12H14O5/c1-7-3-8(2)12(5-10(14)15,6-11(16)17)9(13)4-7/h3-4H,5-6H2,1-2H3,(H,14,15)(H,16,17). The quantitative estimate of drug-likeness (QED) is 0.772. The zero-order chi connectivity index (χ0) is 13.2. The lowest BCUT2D eigenvalue weighted by atomic mass is 9.68.